The van der Waals surface area contributed by atoms with E-state index < -0.39 is 12.0 Å². The molecular weight excluding hydrogens is 472 g/mol. The summed E-state index contributed by atoms with van der Waals surface area (Å²) < 4.78 is 14.3. The zero-order chi connectivity index (χ0) is 22.8. The number of fused-ring (bicyclic) bond motifs is 1. The molecule has 1 N–H and O–H groups in total. The number of aromatic nitrogens is 3. The predicted molar refractivity (Wildman–Crippen MR) is 125 cm³/mol. The second-order valence-corrected chi connectivity index (χ2v) is 8.92. The Morgan fingerprint density at radius 1 is 1.19 bits per heavy atom. The van der Waals surface area contributed by atoms with Crippen LogP contribution in [0.5, 0.6) is 5.75 Å². The summed E-state index contributed by atoms with van der Waals surface area (Å²) in [5, 5.41) is 7.55. The molecule has 1 unspecified atom stereocenters. The molecule has 1 aliphatic heterocycles. The van der Waals surface area contributed by atoms with Gasteiger partial charge in [0.05, 0.1) is 11.7 Å². The van der Waals surface area contributed by atoms with Crippen molar-refractivity contribution >= 4 is 27.8 Å². The average Bonchev–Trinajstić information content (AvgIpc) is 3.20. The summed E-state index contributed by atoms with van der Waals surface area (Å²) in [7, 11) is 0. The van der Waals surface area contributed by atoms with Gasteiger partial charge in [-0.3, -0.25) is 0 Å². The van der Waals surface area contributed by atoms with Gasteiger partial charge in [0, 0.05) is 15.7 Å². The molecule has 0 saturated carbocycles. The van der Waals surface area contributed by atoms with Gasteiger partial charge in [0.15, 0.2) is 0 Å². The van der Waals surface area contributed by atoms with Crippen LogP contribution in [0.3, 0.4) is 0 Å². The lowest BCUT2D eigenvalue weighted by molar-refractivity contribution is -0.143. The molecule has 0 fully saturated rings. The zero-order valence-electron chi connectivity index (χ0n) is 18.4. The molecule has 1 atom stereocenters. The first-order valence-electron chi connectivity index (χ1n) is 10.4. The van der Waals surface area contributed by atoms with Gasteiger partial charge in [-0.2, -0.15) is 10.1 Å². The Kier molecular flexibility index (Phi) is 6.32. The lowest BCUT2D eigenvalue weighted by Crippen LogP contribution is -2.31. The Hall–Kier alpha value is -3.13. The molecule has 2 aromatic carbocycles. The van der Waals surface area contributed by atoms with Gasteiger partial charge in [-0.15, -0.1) is 0 Å². The summed E-state index contributed by atoms with van der Waals surface area (Å²) in [4.78, 5) is 17.4. The van der Waals surface area contributed by atoms with E-state index in [0.717, 1.165) is 15.6 Å². The first-order chi connectivity index (χ1) is 15.3. The van der Waals surface area contributed by atoms with E-state index in [-0.39, 0.29) is 6.10 Å². The SMILES string of the molecule is CC1=C(C(=O)OC(C)C)C(c2cc(Br)ccc2OCc2ccc(C)cc2)n2ncnc2N1. The van der Waals surface area contributed by atoms with E-state index >= 15 is 0 Å². The second-order valence-electron chi connectivity index (χ2n) is 8.00. The maximum absolute atomic E-state index is 13.1. The van der Waals surface area contributed by atoms with Gasteiger partial charge in [-0.25, -0.2) is 9.48 Å². The Morgan fingerprint density at radius 2 is 1.94 bits per heavy atom. The van der Waals surface area contributed by atoms with E-state index in [9.17, 15) is 4.79 Å². The normalized spacial score (nSPS) is 15.4. The first kappa shape index (κ1) is 22.1. The van der Waals surface area contributed by atoms with Crippen LogP contribution < -0.4 is 10.1 Å². The van der Waals surface area contributed by atoms with Crippen LogP contribution in [0, 0.1) is 6.92 Å². The standard InChI is InChI=1S/C24H25BrN4O3/c1-14(2)32-23(30)21-16(4)28-24-26-13-27-29(24)22(21)19-11-18(25)9-10-20(19)31-12-17-7-5-15(3)6-8-17/h5-11,13-14,22H,12H2,1-4H3,(H,26,27,28). The summed E-state index contributed by atoms with van der Waals surface area (Å²) in [5.41, 5.74) is 4.18. The highest BCUT2D eigenvalue weighted by molar-refractivity contribution is 9.10. The number of aryl methyl sites for hydroxylation is 1. The molecule has 3 aromatic rings. The molecule has 1 aliphatic rings. The predicted octanol–water partition coefficient (Wildman–Crippen LogP) is 5.17. The largest absolute Gasteiger partial charge is 0.489 e. The molecule has 8 heteroatoms. The van der Waals surface area contributed by atoms with Crippen LogP contribution in [0.2, 0.25) is 0 Å². The van der Waals surface area contributed by atoms with Crippen molar-refractivity contribution in [3.8, 4) is 5.75 Å². The zero-order valence-corrected chi connectivity index (χ0v) is 20.0. The lowest BCUT2D eigenvalue weighted by Gasteiger charge is -2.29. The molecule has 0 amide bonds. The summed E-state index contributed by atoms with van der Waals surface area (Å²) in [5.74, 6) is 0.809. The fourth-order valence-electron chi connectivity index (χ4n) is 3.63. The minimum atomic E-state index is -0.550. The van der Waals surface area contributed by atoms with Gasteiger partial charge in [-0.1, -0.05) is 45.8 Å². The fourth-order valence-corrected chi connectivity index (χ4v) is 4.01. The Morgan fingerprint density at radius 3 is 2.66 bits per heavy atom. The monoisotopic (exact) mass is 496 g/mol. The summed E-state index contributed by atoms with van der Waals surface area (Å²) >= 11 is 3.56. The van der Waals surface area contributed by atoms with Crippen molar-refractivity contribution in [1.29, 1.82) is 0 Å². The third kappa shape index (κ3) is 4.55. The van der Waals surface area contributed by atoms with Crippen LogP contribution in [0.25, 0.3) is 0 Å². The second kappa shape index (κ2) is 9.16. The molecule has 0 aliphatic carbocycles. The number of nitrogens with zero attached hydrogens (tertiary/aromatic N) is 3. The van der Waals surface area contributed by atoms with Crippen LogP contribution in [0.15, 0.2) is 64.5 Å². The van der Waals surface area contributed by atoms with Gasteiger partial charge < -0.3 is 14.8 Å². The Balaban J connectivity index is 1.76. The molecule has 166 valence electrons. The van der Waals surface area contributed by atoms with Gasteiger partial charge in [-0.05, 0) is 51.5 Å². The fraction of sp³-hybridized carbons (Fsp3) is 0.292. The Labute approximate surface area is 195 Å². The van der Waals surface area contributed by atoms with Crippen molar-refractivity contribution in [1.82, 2.24) is 14.8 Å². The summed E-state index contributed by atoms with van der Waals surface area (Å²) in [6.07, 6.45) is 1.21. The highest BCUT2D eigenvalue weighted by atomic mass is 79.9. The number of halogens is 1. The smallest absolute Gasteiger partial charge is 0.338 e. The number of nitrogens with one attached hydrogen (secondary N) is 1. The number of carbonyl (C=O) groups is 1. The number of allylic oxidation sites excluding steroid dienone is 1. The number of hydrogen-bond donors (Lipinski definition) is 1. The maximum atomic E-state index is 13.1. The maximum Gasteiger partial charge on any atom is 0.338 e. The van der Waals surface area contributed by atoms with E-state index in [1.807, 2.05) is 51.1 Å². The quantitative estimate of drug-likeness (QED) is 0.474. The van der Waals surface area contributed by atoms with E-state index in [1.54, 1.807) is 4.68 Å². The van der Waals surface area contributed by atoms with Crippen molar-refractivity contribution < 1.29 is 14.3 Å². The van der Waals surface area contributed by atoms with Crippen molar-refractivity contribution in [2.24, 2.45) is 0 Å². The third-order valence-electron chi connectivity index (χ3n) is 5.14. The lowest BCUT2D eigenvalue weighted by atomic mass is 9.95. The van der Waals surface area contributed by atoms with E-state index in [2.05, 4.69) is 50.4 Å². The molecule has 0 spiro atoms. The minimum absolute atomic E-state index is 0.250. The van der Waals surface area contributed by atoms with Crippen LogP contribution in [0.4, 0.5) is 5.95 Å². The number of ether oxygens (including phenoxy) is 2. The molecular formula is C24H25BrN4O3. The number of carbonyl (C=O) groups excluding carboxylic acids is 1. The van der Waals surface area contributed by atoms with Gasteiger partial charge in [0.2, 0.25) is 5.95 Å². The number of anilines is 1. The van der Waals surface area contributed by atoms with Gasteiger partial charge in [0.1, 0.15) is 24.7 Å². The Bertz CT molecular complexity index is 1170. The first-order valence-corrected chi connectivity index (χ1v) is 11.2. The van der Waals surface area contributed by atoms with E-state index in [1.165, 1.54) is 11.9 Å². The number of hydrogen-bond acceptors (Lipinski definition) is 6. The van der Waals surface area contributed by atoms with Gasteiger partial charge >= 0.3 is 5.97 Å². The van der Waals surface area contributed by atoms with E-state index in [0.29, 0.717) is 29.6 Å². The molecule has 0 bridgehead atoms. The van der Waals surface area contributed by atoms with Crippen molar-refractivity contribution in [3.63, 3.8) is 0 Å². The molecule has 0 radical (unpaired) electrons. The molecule has 4 rings (SSSR count). The van der Waals surface area contributed by atoms with Crippen LogP contribution in [0.1, 0.15) is 43.5 Å². The topological polar surface area (TPSA) is 78.3 Å². The minimum Gasteiger partial charge on any atom is -0.489 e. The number of rotatable bonds is 6. The van der Waals surface area contributed by atoms with Crippen molar-refractivity contribution in [3.05, 3.63) is 81.2 Å². The van der Waals surface area contributed by atoms with E-state index in [4.69, 9.17) is 9.47 Å². The molecule has 7 nitrogen and oxygen atoms in total. The molecule has 32 heavy (non-hydrogen) atoms. The highest BCUT2D eigenvalue weighted by Gasteiger charge is 2.36. The molecule has 2 heterocycles. The van der Waals surface area contributed by atoms with Crippen LogP contribution in [-0.2, 0) is 16.1 Å². The molecule has 1 aromatic heterocycles. The number of esters is 1. The van der Waals surface area contributed by atoms with Crippen molar-refractivity contribution in [2.45, 2.75) is 46.4 Å². The van der Waals surface area contributed by atoms with Crippen LogP contribution in [-0.4, -0.2) is 26.8 Å². The summed E-state index contributed by atoms with van der Waals surface area (Å²) in [6.45, 7) is 7.95. The summed E-state index contributed by atoms with van der Waals surface area (Å²) in [6, 6.07) is 13.4. The third-order valence-corrected chi connectivity index (χ3v) is 5.63. The van der Waals surface area contributed by atoms with Crippen molar-refractivity contribution in [2.75, 3.05) is 5.32 Å². The average molecular weight is 497 g/mol. The highest BCUT2D eigenvalue weighted by Crippen LogP contribution is 2.40. The number of benzene rings is 2. The van der Waals surface area contributed by atoms with Crippen LogP contribution >= 0.6 is 15.9 Å². The van der Waals surface area contributed by atoms with Gasteiger partial charge in [0.25, 0.3) is 0 Å². The molecule has 0 saturated heterocycles.